The van der Waals surface area contributed by atoms with Crippen LogP contribution in [0.4, 0.5) is 0 Å². The summed E-state index contributed by atoms with van der Waals surface area (Å²) in [5.74, 6) is 2.36. The first kappa shape index (κ1) is 22.2. The monoisotopic (exact) mass is 463 g/mol. The van der Waals surface area contributed by atoms with Crippen molar-refractivity contribution in [1.29, 1.82) is 0 Å². The Labute approximate surface area is 169 Å². The van der Waals surface area contributed by atoms with Crippen LogP contribution in [0.5, 0.6) is 0 Å². The second-order valence-corrected chi connectivity index (χ2v) is 6.64. The van der Waals surface area contributed by atoms with Crippen LogP contribution in [0, 0.1) is 13.8 Å². The Morgan fingerprint density at radius 1 is 1.24 bits per heavy atom. The molecule has 0 bridgehead atoms. The van der Waals surface area contributed by atoms with Crippen LogP contribution in [0.25, 0.3) is 0 Å². The molecule has 0 atom stereocenters. The van der Waals surface area contributed by atoms with Crippen LogP contribution in [0.15, 0.2) is 9.41 Å². The number of oxazole rings is 1. The predicted octanol–water partition coefficient (Wildman–Crippen LogP) is 3.23. The highest BCUT2D eigenvalue weighted by Crippen LogP contribution is 2.21. The van der Waals surface area contributed by atoms with Gasteiger partial charge in [-0.15, -0.1) is 24.0 Å². The highest BCUT2D eigenvalue weighted by molar-refractivity contribution is 14.0. The van der Waals surface area contributed by atoms with Crippen molar-refractivity contribution in [2.24, 2.45) is 4.99 Å². The fraction of sp³-hybridized carbons (Fsp3) is 0.778. The summed E-state index contributed by atoms with van der Waals surface area (Å²) in [7, 11) is 2.24. The van der Waals surface area contributed by atoms with Crippen LogP contribution in [0.2, 0.25) is 0 Å². The molecule has 25 heavy (non-hydrogen) atoms. The fourth-order valence-corrected chi connectivity index (χ4v) is 3.15. The van der Waals surface area contributed by atoms with Gasteiger partial charge in [0.05, 0.1) is 5.69 Å². The molecule has 1 fully saturated rings. The highest BCUT2D eigenvalue weighted by atomic mass is 127. The molecule has 0 radical (unpaired) electrons. The van der Waals surface area contributed by atoms with E-state index in [1.165, 1.54) is 32.1 Å². The van der Waals surface area contributed by atoms with E-state index in [1.807, 2.05) is 13.8 Å². The van der Waals surface area contributed by atoms with E-state index in [9.17, 15) is 0 Å². The topological polar surface area (TPSA) is 65.7 Å². The molecule has 1 aromatic heterocycles. The highest BCUT2D eigenvalue weighted by Gasteiger charge is 2.17. The molecule has 0 amide bonds. The molecular weight excluding hydrogens is 429 g/mol. The van der Waals surface area contributed by atoms with Crippen LogP contribution >= 0.6 is 24.0 Å². The molecule has 0 saturated heterocycles. The Balaban J connectivity index is 0.00000312. The van der Waals surface area contributed by atoms with E-state index in [-0.39, 0.29) is 24.0 Å². The minimum atomic E-state index is 0. The molecule has 0 spiro atoms. The van der Waals surface area contributed by atoms with Crippen LogP contribution in [0.1, 0.15) is 56.4 Å². The van der Waals surface area contributed by atoms with E-state index < -0.39 is 0 Å². The average Bonchev–Trinajstić information content (AvgIpc) is 2.91. The number of rotatable bonds is 7. The van der Waals surface area contributed by atoms with Gasteiger partial charge in [0.2, 0.25) is 5.89 Å². The number of likely N-dealkylation sites (N-methyl/N-ethyl adjacent to an activating group) is 1. The van der Waals surface area contributed by atoms with E-state index in [0.717, 1.165) is 43.1 Å². The maximum atomic E-state index is 5.58. The minimum absolute atomic E-state index is 0. The lowest BCUT2D eigenvalue weighted by atomic mass is 9.94. The van der Waals surface area contributed by atoms with Gasteiger partial charge in [-0.25, -0.2) is 9.98 Å². The first-order valence-electron chi connectivity index (χ1n) is 9.25. The largest absolute Gasteiger partial charge is 0.444 e. The Morgan fingerprint density at radius 3 is 2.56 bits per heavy atom. The van der Waals surface area contributed by atoms with Crippen molar-refractivity contribution in [3.63, 3.8) is 0 Å². The molecule has 0 aromatic carbocycles. The molecule has 2 rings (SSSR count). The molecule has 1 aliphatic carbocycles. The van der Waals surface area contributed by atoms with Crippen molar-refractivity contribution >= 4 is 29.9 Å². The Morgan fingerprint density at radius 2 is 1.96 bits per heavy atom. The minimum Gasteiger partial charge on any atom is -0.444 e. The standard InChI is InChI=1S/C18H33N5O.HI/c1-5-19-18(21-13-17-22-14(2)15(3)24-17)20-11-12-23(4)16-9-7-6-8-10-16;/h16H,5-13H2,1-4H3,(H2,19,20,21);1H. The van der Waals surface area contributed by atoms with Gasteiger partial charge in [0.15, 0.2) is 5.96 Å². The molecule has 2 N–H and O–H groups in total. The summed E-state index contributed by atoms with van der Waals surface area (Å²) in [4.78, 5) is 11.4. The number of nitrogens with zero attached hydrogens (tertiary/aromatic N) is 3. The van der Waals surface area contributed by atoms with Gasteiger partial charge in [0, 0.05) is 25.7 Å². The molecule has 1 saturated carbocycles. The summed E-state index contributed by atoms with van der Waals surface area (Å²) in [5, 5.41) is 6.69. The van der Waals surface area contributed by atoms with Crippen LogP contribution < -0.4 is 10.6 Å². The average molecular weight is 463 g/mol. The number of aromatic nitrogens is 1. The zero-order valence-electron chi connectivity index (χ0n) is 16.1. The molecule has 0 unspecified atom stereocenters. The quantitative estimate of drug-likeness (QED) is 0.369. The van der Waals surface area contributed by atoms with Crippen molar-refractivity contribution in [3.05, 3.63) is 17.3 Å². The van der Waals surface area contributed by atoms with Crippen molar-refractivity contribution in [2.75, 3.05) is 26.7 Å². The third-order valence-electron chi connectivity index (χ3n) is 4.74. The molecule has 7 heteroatoms. The van der Waals surface area contributed by atoms with Gasteiger partial charge in [0.25, 0.3) is 0 Å². The number of hydrogen-bond acceptors (Lipinski definition) is 4. The molecule has 1 aliphatic rings. The van der Waals surface area contributed by atoms with Crippen LogP contribution in [0.3, 0.4) is 0 Å². The molecular formula is C18H34IN5O. The number of hydrogen-bond donors (Lipinski definition) is 2. The first-order valence-corrected chi connectivity index (χ1v) is 9.25. The Kier molecular flexibility index (Phi) is 10.4. The van der Waals surface area contributed by atoms with Gasteiger partial charge in [-0.2, -0.15) is 0 Å². The van der Waals surface area contributed by atoms with Crippen LogP contribution in [-0.4, -0.2) is 48.6 Å². The lowest BCUT2D eigenvalue weighted by Gasteiger charge is -2.31. The Hall–Kier alpha value is -0.830. The smallest absolute Gasteiger partial charge is 0.216 e. The molecule has 144 valence electrons. The molecule has 1 aromatic rings. The maximum Gasteiger partial charge on any atom is 0.216 e. The molecule has 1 heterocycles. The first-order chi connectivity index (χ1) is 11.6. The second kappa shape index (κ2) is 11.7. The van der Waals surface area contributed by atoms with Gasteiger partial charge in [-0.1, -0.05) is 19.3 Å². The van der Waals surface area contributed by atoms with E-state index in [2.05, 4.69) is 39.5 Å². The van der Waals surface area contributed by atoms with E-state index in [0.29, 0.717) is 12.4 Å². The van der Waals surface area contributed by atoms with Crippen LogP contribution in [-0.2, 0) is 6.54 Å². The zero-order valence-corrected chi connectivity index (χ0v) is 18.4. The summed E-state index contributed by atoms with van der Waals surface area (Å²) in [6.07, 6.45) is 6.84. The molecule has 6 nitrogen and oxygen atoms in total. The normalized spacial score (nSPS) is 16.0. The zero-order chi connectivity index (χ0) is 17.4. The van der Waals surface area contributed by atoms with Gasteiger partial charge in [0.1, 0.15) is 12.3 Å². The number of aryl methyl sites for hydroxylation is 2. The van der Waals surface area contributed by atoms with Gasteiger partial charge in [-0.05, 0) is 40.7 Å². The summed E-state index contributed by atoms with van der Waals surface area (Å²) >= 11 is 0. The molecule has 0 aliphatic heterocycles. The van der Waals surface area contributed by atoms with Crippen molar-refractivity contribution in [2.45, 2.75) is 65.5 Å². The summed E-state index contributed by atoms with van der Waals surface area (Å²) in [6.45, 7) is 9.19. The SMILES string of the molecule is CCNC(=NCc1nc(C)c(C)o1)NCCN(C)C1CCCCC1.I. The lowest BCUT2D eigenvalue weighted by Crippen LogP contribution is -2.43. The van der Waals surface area contributed by atoms with E-state index >= 15 is 0 Å². The summed E-state index contributed by atoms with van der Waals surface area (Å²) in [5.41, 5.74) is 0.937. The maximum absolute atomic E-state index is 5.58. The summed E-state index contributed by atoms with van der Waals surface area (Å²) < 4.78 is 5.58. The fourth-order valence-electron chi connectivity index (χ4n) is 3.15. The number of guanidine groups is 1. The van der Waals surface area contributed by atoms with E-state index in [4.69, 9.17) is 4.42 Å². The number of aliphatic imine (C=N–C) groups is 1. The van der Waals surface area contributed by atoms with Crippen molar-refractivity contribution in [1.82, 2.24) is 20.5 Å². The lowest BCUT2D eigenvalue weighted by molar-refractivity contribution is 0.194. The van der Waals surface area contributed by atoms with Crippen molar-refractivity contribution < 1.29 is 4.42 Å². The van der Waals surface area contributed by atoms with Gasteiger partial charge in [-0.3, -0.25) is 0 Å². The third-order valence-corrected chi connectivity index (χ3v) is 4.74. The predicted molar refractivity (Wildman–Crippen MR) is 114 cm³/mol. The third kappa shape index (κ3) is 7.52. The Bertz CT molecular complexity index is 506. The second-order valence-electron chi connectivity index (χ2n) is 6.64. The van der Waals surface area contributed by atoms with E-state index in [1.54, 1.807) is 0 Å². The van der Waals surface area contributed by atoms with Crippen molar-refractivity contribution in [3.8, 4) is 0 Å². The van der Waals surface area contributed by atoms with Gasteiger partial charge < -0.3 is 20.0 Å². The summed E-state index contributed by atoms with van der Waals surface area (Å²) in [6, 6.07) is 0.748. The number of halogens is 1. The van der Waals surface area contributed by atoms with Gasteiger partial charge >= 0.3 is 0 Å². The number of nitrogens with one attached hydrogen (secondary N) is 2.